The number of ether oxygens (including phenoxy) is 2. The minimum Gasteiger partial charge on any atom is -0.461 e. The summed E-state index contributed by atoms with van der Waals surface area (Å²) < 4.78 is 8.31. The molecule has 0 saturated carbocycles. The van der Waals surface area contributed by atoms with Gasteiger partial charge in [-0.25, -0.2) is 9.59 Å². The molecule has 0 aromatic rings. The van der Waals surface area contributed by atoms with E-state index in [1.165, 1.54) is 0 Å². The molecule has 0 radical (unpaired) electrons. The molecule has 0 aliphatic carbocycles. The number of carbonyl (C=O) groups is 2. The molecular formula is C6H6Br4O4. The van der Waals surface area contributed by atoms with Crippen LogP contribution in [0.3, 0.4) is 0 Å². The van der Waals surface area contributed by atoms with E-state index < -0.39 is 19.4 Å². The van der Waals surface area contributed by atoms with Crippen molar-refractivity contribution in [3.05, 3.63) is 0 Å². The molecule has 4 nitrogen and oxygen atoms in total. The predicted octanol–water partition coefficient (Wildman–Crippen LogP) is 2.30. The molecule has 0 saturated heterocycles. The summed E-state index contributed by atoms with van der Waals surface area (Å²) in [5, 5.41) is 0. The molecule has 0 aromatic carbocycles. The van der Waals surface area contributed by atoms with E-state index in [0.717, 1.165) is 0 Å². The van der Waals surface area contributed by atoms with Gasteiger partial charge >= 0.3 is 11.9 Å². The quantitative estimate of drug-likeness (QED) is 0.358. The van der Waals surface area contributed by atoms with Gasteiger partial charge in [0.15, 0.2) is 7.47 Å². The van der Waals surface area contributed by atoms with E-state index in [9.17, 15) is 9.59 Å². The third-order valence-electron chi connectivity index (χ3n) is 0.928. The van der Waals surface area contributed by atoms with Crippen molar-refractivity contribution in [2.24, 2.45) is 0 Å². The Hall–Kier alpha value is 0.860. The van der Waals surface area contributed by atoms with Crippen molar-refractivity contribution in [3.8, 4) is 0 Å². The molecule has 0 fully saturated rings. The van der Waals surface area contributed by atoms with Gasteiger partial charge in [-0.1, -0.05) is 63.7 Å². The second-order valence-corrected chi connectivity index (χ2v) is 8.06. The molecule has 0 aliphatic heterocycles. The second kappa shape index (κ2) is 8.06. The lowest BCUT2D eigenvalue weighted by Gasteiger charge is -2.06. The minimum absolute atomic E-state index is 0.0327. The monoisotopic (exact) mass is 458 g/mol. The van der Waals surface area contributed by atoms with Gasteiger partial charge in [0.1, 0.15) is 13.2 Å². The highest BCUT2D eigenvalue weighted by Crippen LogP contribution is 2.10. The van der Waals surface area contributed by atoms with Gasteiger partial charge in [0.2, 0.25) is 0 Å². The van der Waals surface area contributed by atoms with E-state index in [1.807, 2.05) is 0 Å². The van der Waals surface area contributed by atoms with Crippen LogP contribution in [-0.4, -0.2) is 32.6 Å². The van der Waals surface area contributed by atoms with Crippen LogP contribution in [0.1, 0.15) is 0 Å². The van der Waals surface area contributed by atoms with E-state index in [2.05, 4.69) is 63.7 Å². The summed E-state index contributed by atoms with van der Waals surface area (Å²) in [7, 11) is 0. The van der Waals surface area contributed by atoms with Crippen LogP contribution in [0.25, 0.3) is 0 Å². The molecule has 8 heteroatoms. The minimum atomic E-state index is -0.536. The molecule has 0 spiro atoms. The third kappa shape index (κ3) is 7.19. The smallest absolute Gasteiger partial charge is 0.330 e. The Kier molecular flexibility index (Phi) is 8.56. The van der Waals surface area contributed by atoms with Crippen LogP contribution in [0, 0.1) is 0 Å². The van der Waals surface area contributed by atoms with E-state index in [1.54, 1.807) is 0 Å². The van der Waals surface area contributed by atoms with Crippen LogP contribution in [0.4, 0.5) is 0 Å². The van der Waals surface area contributed by atoms with E-state index in [0.29, 0.717) is 0 Å². The first-order chi connectivity index (χ1) is 6.45. The maximum atomic E-state index is 10.8. The zero-order valence-corrected chi connectivity index (χ0v) is 13.1. The number of alkyl halides is 4. The fourth-order valence-corrected chi connectivity index (χ4v) is 0.939. The van der Waals surface area contributed by atoms with Gasteiger partial charge in [-0.05, 0) is 0 Å². The van der Waals surface area contributed by atoms with Crippen molar-refractivity contribution < 1.29 is 19.1 Å². The molecule has 0 unspecified atom stereocenters. The molecule has 14 heavy (non-hydrogen) atoms. The molecule has 0 aromatic heterocycles. The van der Waals surface area contributed by atoms with Crippen molar-refractivity contribution in [2.45, 2.75) is 7.47 Å². The average molecular weight is 462 g/mol. The van der Waals surface area contributed by atoms with Gasteiger partial charge in [-0.3, -0.25) is 0 Å². The molecule has 0 amide bonds. The predicted molar refractivity (Wildman–Crippen MR) is 65.2 cm³/mol. The SMILES string of the molecule is O=C(OCCOC(=O)C(Br)Br)C(Br)Br. The van der Waals surface area contributed by atoms with Crippen LogP contribution >= 0.6 is 63.7 Å². The zero-order valence-electron chi connectivity index (χ0n) is 6.71. The van der Waals surface area contributed by atoms with E-state index in [4.69, 9.17) is 9.47 Å². The molecule has 0 rings (SSSR count). The molecular weight excluding hydrogens is 456 g/mol. The third-order valence-corrected chi connectivity index (χ3v) is 2.42. The molecule has 0 atom stereocenters. The van der Waals surface area contributed by atoms with Gasteiger partial charge in [-0.2, -0.15) is 0 Å². The lowest BCUT2D eigenvalue weighted by Crippen LogP contribution is -2.19. The number of halogens is 4. The summed E-state index contributed by atoms with van der Waals surface area (Å²) in [5.74, 6) is -0.925. The summed E-state index contributed by atoms with van der Waals surface area (Å²) in [6.45, 7) is 0.0655. The van der Waals surface area contributed by atoms with Gasteiger partial charge in [0.25, 0.3) is 0 Å². The van der Waals surface area contributed by atoms with Gasteiger partial charge in [0, 0.05) is 0 Å². The van der Waals surface area contributed by atoms with Crippen LogP contribution in [0.15, 0.2) is 0 Å². The molecule has 82 valence electrons. The summed E-state index contributed by atoms with van der Waals surface area (Å²) in [4.78, 5) is 21.7. The van der Waals surface area contributed by atoms with Crippen LogP contribution in [-0.2, 0) is 19.1 Å². The van der Waals surface area contributed by atoms with Crippen molar-refractivity contribution in [2.75, 3.05) is 13.2 Å². The summed E-state index contributed by atoms with van der Waals surface area (Å²) in [6.07, 6.45) is 0. The lowest BCUT2D eigenvalue weighted by atomic mass is 10.7. The Labute approximate surface area is 115 Å². The first-order valence-electron chi connectivity index (χ1n) is 3.34. The van der Waals surface area contributed by atoms with Crippen molar-refractivity contribution >= 4 is 75.7 Å². The number of hydrogen-bond acceptors (Lipinski definition) is 4. The highest BCUT2D eigenvalue weighted by molar-refractivity contribution is 9.25. The number of rotatable bonds is 5. The number of hydrogen-bond donors (Lipinski definition) is 0. The first kappa shape index (κ1) is 14.9. The summed E-state index contributed by atoms with van der Waals surface area (Å²) >= 11 is 11.9. The van der Waals surface area contributed by atoms with Crippen molar-refractivity contribution in [1.29, 1.82) is 0 Å². The summed E-state index contributed by atoms with van der Waals surface area (Å²) in [6, 6.07) is 0. The maximum absolute atomic E-state index is 10.8. The van der Waals surface area contributed by atoms with Crippen LogP contribution < -0.4 is 0 Å². The second-order valence-electron chi connectivity index (χ2n) is 1.94. The topological polar surface area (TPSA) is 52.6 Å². The number of carbonyl (C=O) groups excluding carboxylic acids is 2. The van der Waals surface area contributed by atoms with Gasteiger partial charge in [0.05, 0.1) is 0 Å². The Balaban J connectivity index is 3.48. The zero-order chi connectivity index (χ0) is 11.1. The first-order valence-corrected chi connectivity index (χ1v) is 7.01. The molecule has 0 bridgehead atoms. The Morgan fingerprint density at radius 1 is 0.857 bits per heavy atom. The van der Waals surface area contributed by atoms with Gasteiger partial charge < -0.3 is 9.47 Å². The van der Waals surface area contributed by atoms with E-state index in [-0.39, 0.29) is 13.2 Å². The average Bonchev–Trinajstić information content (AvgIpc) is 2.11. The van der Waals surface area contributed by atoms with E-state index >= 15 is 0 Å². The van der Waals surface area contributed by atoms with Crippen LogP contribution in [0.5, 0.6) is 0 Å². The Morgan fingerprint density at radius 2 is 1.14 bits per heavy atom. The van der Waals surface area contributed by atoms with Gasteiger partial charge in [-0.15, -0.1) is 0 Å². The maximum Gasteiger partial charge on any atom is 0.330 e. The Morgan fingerprint density at radius 3 is 1.36 bits per heavy atom. The normalized spacial score (nSPS) is 10.4. The largest absolute Gasteiger partial charge is 0.461 e. The molecule has 0 N–H and O–H groups in total. The fraction of sp³-hybridized carbons (Fsp3) is 0.667. The molecule has 0 aliphatic rings. The van der Waals surface area contributed by atoms with Crippen molar-refractivity contribution in [1.82, 2.24) is 0 Å². The van der Waals surface area contributed by atoms with Crippen molar-refractivity contribution in [3.63, 3.8) is 0 Å². The highest BCUT2D eigenvalue weighted by Gasteiger charge is 2.14. The summed E-state index contributed by atoms with van der Waals surface area (Å²) in [5.41, 5.74) is 0. The Bertz CT molecular complexity index is 184. The highest BCUT2D eigenvalue weighted by atomic mass is 79.9. The standard InChI is InChI=1S/C6H6Br4O4/c7-3(8)5(11)13-1-2-14-6(12)4(9)10/h3-4H,1-2H2. The lowest BCUT2D eigenvalue weighted by molar-refractivity contribution is -0.149. The number of esters is 2. The van der Waals surface area contributed by atoms with Crippen LogP contribution in [0.2, 0.25) is 0 Å². The molecule has 0 heterocycles. The fourth-order valence-electron chi connectivity index (χ4n) is 0.411.